The Morgan fingerprint density at radius 3 is 2.47 bits per heavy atom. The van der Waals surface area contributed by atoms with E-state index >= 15 is 0 Å². The van der Waals surface area contributed by atoms with Crippen molar-refractivity contribution in [1.82, 2.24) is 9.88 Å². The summed E-state index contributed by atoms with van der Waals surface area (Å²) in [5.74, 6) is 0.0422. The Labute approximate surface area is 187 Å². The molecule has 2 bridgehead atoms. The third-order valence-corrected chi connectivity index (χ3v) is 6.23. The number of amides is 1. The molecule has 1 aromatic heterocycles. The molecule has 166 valence electrons. The first-order chi connectivity index (χ1) is 15.7. The molecule has 1 unspecified atom stereocenters. The number of para-hydroxylation sites is 2. The minimum atomic E-state index is 0.0422. The van der Waals surface area contributed by atoms with Crippen molar-refractivity contribution in [2.45, 2.75) is 32.5 Å². The van der Waals surface area contributed by atoms with Gasteiger partial charge in [0.05, 0.1) is 11.1 Å². The summed E-state index contributed by atoms with van der Waals surface area (Å²) in [6, 6.07) is 19.6. The van der Waals surface area contributed by atoms with Crippen molar-refractivity contribution >= 4 is 33.4 Å². The van der Waals surface area contributed by atoms with Crippen molar-refractivity contribution in [3.8, 4) is 11.1 Å². The molecule has 0 spiro atoms. The van der Waals surface area contributed by atoms with Crippen molar-refractivity contribution in [3.63, 3.8) is 0 Å². The van der Waals surface area contributed by atoms with Gasteiger partial charge in [-0.3, -0.25) is 4.79 Å². The lowest BCUT2D eigenvalue weighted by molar-refractivity contribution is 0.0967. The van der Waals surface area contributed by atoms with Gasteiger partial charge in [0.2, 0.25) is 0 Å². The smallest absolute Gasteiger partial charge is 0.252 e. The molecule has 0 radical (unpaired) electrons. The number of anilines is 1. The molecular formula is C26H29N3O3. The second kappa shape index (κ2) is 9.02. The summed E-state index contributed by atoms with van der Waals surface area (Å²) < 4.78 is 2.40. The summed E-state index contributed by atoms with van der Waals surface area (Å²) in [6.45, 7) is 3.74. The lowest BCUT2D eigenvalue weighted by Crippen LogP contribution is -2.19. The monoisotopic (exact) mass is 431 g/mol. The van der Waals surface area contributed by atoms with Crippen molar-refractivity contribution in [3.05, 3.63) is 65.7 Å². The lowest BCUT2D eigenvalue weighted by Gasteiger charge is -2.22. The number of aromatic nitrogens is 1. The molecule has 3 aromatic carbocycles. The van der Waals surface area contributed by atoms with E-state index in [0.29, 0.717) is 12.6 Å². The molecule has 6 heteroatoms. The van der Waals surface area contributed by atoms with Gasteiger partial charge in [-0.15, -0.1) is 0 Å². The van der Waals surface area contributed by atoms with E-state index in [0.717, 1.165) is 60.5 Å². The average Bonchev–Trinajstić information content (AvgIpc) is 3.38. The second-order valence-corrected chi connectivity index (χ2v) is 7.90. The number of aliphatic hydroxyl groups excluding tert-OH is 2. The summed E-state index contributed by atoms with van der Waals surface area (Å²) in [6.07, 6.45) is 1.01. The number of carbonyl (C=O) groups excluding carboxylic acids is 1. The van der Waals surface area contributed by atoms with Crippen LogP contribution in [0, 0.1) is 0 Å². The van der Waals surface area contributed by atoms with E-state index in [9.17, 15) is 4.79 Å². The molecule has 0 fully saturated rings. The van der Waals surface area contributed by atoms with Crippen molar-refractivity contribution in [2.24, 2.45) is 0 Å². The van der Waals surface area contributed by atoms with Crippen LogP contribution in [0.2, 0.25) is 0 Å². The quantitative estimate of drug-likeness (QED) is 0.337. The third kappa shape index (κ3) is 3.32. The van der Waals surface area contributed by atoms with Gasteiger partial charge in [0, 0.05) is 60.9 Å². The Morgan fingerprint density at radius 1 is 0.938 bits per heavy atom. The standard InChI is InChI=1S/C24H21N3O.2CH4O/c1-14-10-11-27-20-9-5-3-7-16(20)22-21(27)12-17(18-13-25-24(28)23(18)22)15-6-2-4-8-19(15)26-14;2*1-2/h2-9,12,14,26H,10-11,13H2,1H3,(H,25,28);2*2H,1H3. The molecule has 0 saturated heterocycles. The van der Waals surface area contributed by atoms with Gasteiger partial charge in [-0.2, -0.15) is 0 Å². The molecule has 0 aliphatic carbocycles. The molecule has 6 rings (SSSR count). The fourth-order valence-corrected chi connectivity index (χ4v) is 4.92. The average molecular weight is 432 g/mol. The van der Waals surface area contributed by atoms with Gasteiger partial charge in [-0.05, 0) is 42.7 Å². The highest BCUT2D eigenvalue weighted by Crippen LogP contribution is 2.42. The van der Waals surface area contributed by atoms with Crippen LogP contribution in [0.1, 0.15) is 29.3 Å². The summed E-state index contributed by atoms with van der Waals surface area (Å²) in [4.78, 5) is 12.9. The fraction of sp³-hybridized carbons (Fsp3) is 0.269. The number of aryl methyl sites for hydroxylation is 1. The minimum Gasteiger partial charge on any atom is -0.400 e. The van der Waals surface area contributed by atoms with Gasteiger partial charge in [0.1, 0.15) is 0 Å². The molecule has 2 aliphatic rings. The van der Waals surface area contributed by atoms with E-state index in [1.807, 2.05) is 0 Å². The van der Waals surface area contributed by atoms with Crippen molar-refractivity contribution in [2.75, 3.05) is 19.5 Å². The number of aliphatic hydroxyl groups is 2. The van der Waals surface area contributed by atoms with Gasteiger partial charge in [0.25, 0.3) is 5.91 Å². The number of hydrogen-bond donors (Lipinski definition) is 4. The van der Waals surface area contributed by atoms with Crippen LogP contribution in [-0.2, 0) is 13.1 Å². The lowest BCUT2D eigenvalue weighted by atomic mass is 9.92. The molecule has 32 heavy (non-hydrogen) atoms. The van der Waals surface area contributed by atoms with Crippen LogP contribution >= 0.6 is 0 Å². The van der Waals surface area contributed by atoms with Crippen LogP contribution in [0.15, 0.2) is 54.6 Å². The maximum Gasteiger partial charge on any atom is 0.252 e. The highest BCUT2D eigenvalue weighted by Gasteiger charge is 2.30. The van der Waals surface area contributed by atoms with E-state index in [1.165, 1.54) is 16.5 Å². The highest BCUT2D eigenvalue weighted by molar-refractivity contribution is 6.21. The van der Waals surface area contributed by atoms with Crippen LogP contribution < -0.4 is 10.6 Å². The summed E-state index contributed by atoms with van der Waals surface area (Å²) in [7, 11) is 2.00. The number of nitrogens with zero attached hydrogens (tertiary/aromatic N) is 1. The topological polar surface area (TPSA) is 86.5 Å². The summed E-state index contributed by atoms with van der Waals surface area (Å²) in [5, 5.41) is 23.0. The second-order valence-electron chi connectivity index (χ2n) is 7.90. The Hall–Kier alpha value is -3.35. The Kier molecular flexibility index (Phi) is 6.17. The molecule has 6 nitrogen and oxygen atoms in total. The Bertz CT molecular complexity index is 1290. The van der Waals surface area contributed by atoms with Crippen LogP contribution in [0.25, 0.3) is 32.9 Å². The summed E-state index contributed by atoms with van der Waals surface area (Å²) >= 11 is 0. The number of carbonyl (C=O) groups is 1. The van der Waals surface area contributed by atoms with Gasteiger partial charge >= 0.3 is 0 Å². The first-order valence-electron chi connectivity index (χ1n) is 10.8. The molecular weight excluding hydrogens is 402 g/mol. The molecule has 1 amide bonds. The zero-order valence-electron chi connectivity index (χ0n) is 18.6. The van der Waals surface area contributed by atoms with Crippen LogP contribution in [0.5, 0.6) is 0 Å². The Balaban J connectivity index is 0.000000582. The molecule has 2 aliphatic heterocycles. The fourth-order valence-electron chi connectivity index (χ4n) is 4.92. The van der Waals surface area contributed by atoms with Crippen molar-refractivity contribution < 1.29 is 15.0 Å². The number of rotatable bonds is 0. The van der Waals surface area contributed by atoms with Crippen LogP contribution in [0.4, 0.5) is 5.69 Å². The van der Waals surface area contributed by atoms with Gasteiger partial charge in [-0.25, -0.2) is 0 Å². The largest absolute Gasteiger partial charge is 0.400 e. The molecule has 0 saturated carbocycles. The van der Waals surface area contributed by atoms with Crippen molar-refractivity contribution in [1.29, 1.82) is 0 Å². The number of nitrogens with one attached hydrogen (secondary N) is 2. The first kappa shape index (κ1) is 21.9. The van der Waals surface area contributed by atoms with E-state index in [4.69, 9.17) is 10.2 Å². The van der Waals surface area contributed by atoms with Gasteiger partial charge in [0.15, 0.2) is 0 Å². The summed E-state index contributed by atoms with van der Waals surface area (Å²) in [5.41, 5.74) is 7.80. The van der Waals surface area contributed by atoms with E-state index < -0.39 is 0 Å². The Morgan fingerprint density at radius 2 is 1.66 bits per heavy atom. The van der Waals surface area contributed by atoms with Crippen LogP contribution in [0.3, 0.4) is 0 Å². The zero-order valence-corrected chi connectivity index (χ0v) is 18.6. The van der Waals surface area contributed by atoms with E-state index in [2.05, 4.69) is 76.7 Å². The molecule has 1 atom stereocenters. The first-order valence-corrected chi connectivity index (χ1v) is 10.8. The molecule has 4 aromatic rings. The molecule has 3 heterocycles. The molecule has 4 N–H and O–H groups in total. The maximum atomic E-state index is 12.9. The van der Waals surface area contributed by atoms with Gasteiger partial charge < -0.3 is 25.4 Å². The normalized spacial score (nSPS) is 16.2. The number of hydrogen-bond acceptors (Lipinski definition) is 4. The number of benzene rings is 3. The predicted molar refractivity (Wildman–Crippen MR) is 130 cm³/mol. The maximum absolute atomic E-state index is 12.9. The van der Waals surface area contributed by atoms with Crippen LogP contribution in [-0.4, -0.2) is 40.9 Å². The highest BCUT2D eigenvalue weighted by atomic mass is 16.2. The van der Waals surface area contributed by atoms with E-state index in [1.54, 1.807) is 0 Å². The number of fused-ring (bicyclic) bond motifs is 9. The van der Waals surface area contributed by atoms with E-state index in [-0.39, 0.29) is 5.91 Å². The zero-order chi connectivity index (χ0) is 22.8. The SMILES string of the molecule is CC1CCn2c3ccccc3c3c4c(c(cc32)-c2ccccc2N1)CNC4=O.CO.CO. The third-order valence-electron chi connectivity index (χ3n) is 6.23. The van der Waals surface area contributed by atoms with Gasteiger partial charge in [-0.1, -0.05) is 36.4 Å². The predicted octanol–water partition coefficient (Wildman–Crippen LogP) is 4.13. The minimum absolute atomic E-state index is 0.0422.